The minimum atomic E-state index is -1.19. The summed E-state index contributed by atoms with van der Waals surface area (Å²) in [6.07, 6.45) is -1.44. The van der Waals surface area contributed by atoms with Crippen LogP contribution in [-0.4, -0.2) is 75.5 Å². The molecule has 2 saturated heterocycles. The van der Waals surface area contributed by atoms with E-state index in [0.717, 1.165) is 0 Å². The van der Waals surface area contributed by atoms with Gasteiger partial charge in [-0.3, -0.25) is 19.8 Å². The van der Waals surface area contributed by atoms with E-state index in [0.29, 0.717) is 6.54 Å². The van der Waals surface area contributed by atoms with Gasteiger partial charge in [-0.2, -0.15) is 0 Å². The van der Waals surface area contributed by atoms with Gasteiger partial charge >= 0.3 is 12.1 Å². The predicted molar refractivity (Wildman–Crippen MR) is 83.3 cm³/mol. The van der Waals surface area contributed by atoms with Crippen LogP contribution in [0.25, 0.3) is 0 Å². The first-order valence-corrected chi connectivity index (χ1v) is 7.92. The molecule has 9 heteroatoms. The largest absolute Gasteiger partial charge is 0.480 e. The zero-order valence-corrected chi connectivity index (χ0v) is 14.3. The molecular formula is C15H25N3O6. The quantitative estimate of drug-likeness (QED) is 0.496. The van der Waals surface area contributed by atoms with Crippen molar-refractivity contribution in [2.75, 3.05) is 13.1 Å². The fourth-order valence-electron chi connectivity index (χ4n) is 3.07. The second-order valence-electron chi connectivity index (χ2n) is 7.43. The van der Waals surface area contributed by atoms with E-state index in [1.807, 2.05) is 0 Å². The van der Waals surface area contributed by atoms with Gasteiger partial charge in [-0.05, 0) is 34.1 Å². The normalized spacial score (nSPS) is 29.0. The number of carbonyl (C=O) groups is 3. The van der Waals surface area contributed by atoms with Crippen LogP contribution >= 0.6 is 0 Å². The van der Waals surface area contributed by atoms with Crippen molar-refractivity contribution in [1.82, 2.24) is 15.5 Å². The molecule has 0 radical (unpaired) electrons. The second-order valence-corrected chi connectivity index (χ2v) is 7.43. The first-order valence-electron chi connectivity index (χ1n) is 7.92. The number of likely N-dealkylation sites (tertiary alicyclic amines) is 1. The molecule has 1 spiro atoms. The molecule has 2 aliphatic rings. The number of carbonyl (C=O) groups excluding carboxylic acids is 2. The van der Waals surface area contributed by atoms with Gasteiger partial charge in [-0.25, -0.2) is 4.79 Å². The third kappa shape index (κ3) is 3.46. The van der Waals surface area contributed by atoms with Crippen molar-refractivity contribution in [2.45, 2.75) is 63.4 Å². The molecule has 4 N–H and O–H groups in total. The van der Waals surface area contributed by atoms with E-state index in [1.165, 1.54) is 11.8 Å². The molecule has 4 atom stereocenters. The number of hydrogen-bond donors (Lipinski definition) is 4. The van der Waals surface area contributed by atoms with Crippen LogP contribution in [0.15, 0.2) is 0 Å². The molecule has 0 saturated carbocycles. The summed E-state index contributed by atoms with van der Waals surface area (Å²) in [7, 11) is 0. The number of β-lactam (4-membered cyclic amide) rings is 1. The predicted octanol–water partition coefficient (Wildman–Crippen LogP) is -0.712. The Morgan fingerprint density at radius 1 is 1.46 bits per heavy atom. The molecular weight excluding hydrogens is 318 g/mol. The lowest BCUT2D eigenvalue weighted by Crippen LogP contribution is -2.71. The molecule has 2 heterocycles. The van der Waals surface area contributed by atoms with Gasteiger partial charge in [0.1, 0.15) is 17.2 Å². The summed E-state index contributed by atoms with van der Waals surface area (Å²) in [5.74, 6) is -1.46. The van der Waals surface area contributed by atoms with E-state index in [4.69, 9.17) is 4.74 Å². The summed E-state index contributed by atoms with van der Waals surface area (Å²) in [6.45, 7) is 7.01. The van der Waals surface area contributed by atoms with Gasteiger partial charge in [0, 0.05) is 12.6 Å². The highest BCUT2D eigenvalue weighted by Gasteiger charge is 2.59. The van der Waals surface area contributed by atoms with Crippen molar-refractivity contribution in [1.29, 1.82) is 0 Å². The van der Waals surface area contributed by atoms with Crippen molar-refractivity contribution < 1.29 is 29.3 Å². The molecule has 2 amide bonds. The van der Waals surface area contributed by atoms with Gasteiger partial charge in [0.15, 0.2) is 0 Å². The number of aliphatic carboxylic acids is 1. The first kappa shape index (κ1) is 18.5. The van der Waals surface area contributed by atoms with Gasteiger partial charge in [0.2, 0.25) is 5.91 Å². The number of rotatable bonds is 4. The summed E-state index contributed by atoms with van der Waals surface area (Å²) < 4.78 is 5.36. The molecule has 2 fully saturated rings. The Balaban J connectivity index is 2.15. The van der Waals surface area contributed by atoms with Crippen LogP contribution in [0.1, 0.15) is 34.1 Å². The lowest BCUT2D eigenvalue weighted by molar-refractivity contribution is -0.142. The Labute approximate surface area is 140 Å². The van der Waals surface area contributed by atoms with Crippen molar-refractivity contribution >= 4 is 18.0 Å². The summed E-state index contributed by atoms with van der Waals surface area (Å²) in [4.78, 5) is 37.1. The highest BCUT2D eigenvalue weighted by Crippen LogP contribution is 2.35. The molecule has 24 heavy (non-hydrogen) atoms. The molecule has 0 aromatic rings. The van der Waals surface area contributed by atoms with Crippen LogP contribution in [-0.2, 0) is 14.3 Å². The molecule has 0 bridgehead atoms. The zero-order valence-electron chi connectivity index (χ0n) is 14.3. The Morgan fingerprint density at radius 3 is 2.46 bits per heavy atom. The van der Waals surface area contributed by atoms with Crippen LogP contribution < -0.4 is 10.6 Å². The Bertz CT molecular complexity index is 544. The minimum Gasteiger partial charge on any atom is -0.480 e. The van der Waals surface area contributed by atoms with E-state index in [1.54, 1.807) is 20.8 Å². The highest BCUT2D eigenvalue weighted by atomic mass is 16.6. The van der Waals surface area contributed by atoms with Crippen molar-refractivity contribution in [2.24, 2.45) is 0 Å². The molecule has 136 valence electrons. The topological polar surface area (TPSA) is 128 Å². The van der Waals surface area contributed by atoms with Crippen molar-refractivity contribution in [3.05, 3.63) is 0 Å². The number of aliphatic hydroxyl groups excluding tert-OH is 1. The van der Waals surface area contributed by atoms with Gasteiger partial charge < -0.3 is 20.3 Å². The molecule has 0 aliphatic carbocycles. The number of carboxylic acid groups (broad SMARTS) is 1. The number of hydrogen-bond acceptors (Lipinski definition) is 6. The third-order valence-corrected chi connectivity index (χ3v) is 4.25. The number of ether oxygens (including phenoxy) is 1. The summed E-state index contributed by atoms with van der Waals surface area (Å²) in [5, 5.41) is 24.2. The third-order valence-electron chi connectivity index (χ3n) is 4.25. The van der Waals surface area contributed by atoms with Crippen LogP contribution in [0.5, 0.6) is 0 Å². The maximum Gasteiger partial charge on any atom is 0.411 e. The SMILES string of the molecule is C[C@@H](O)C(NC1CN(C(=O)OC(C)(C)C)C2(CNC2=O)C1)C(=O)O. The number of aliphatic hydroxyl groups is 1. The van der Waals surface area contributed by atoms with Crippen molar-refractivity contribution in [3.8, 4) is 0 Å². The van der Waals surface area contributed by atoms with Gasteiger partial charge in [-0.1, -0.05) is 0 Å². The van der Waals surface area contributed by atoms with Gasteiger partial charge in [0.25, 0.3) is 0 Å². The van der Waals surface area contributed by atoms with Crippen LogP contribution in [0.4, 0.5) is 4.79 Å². The second kappa shape index (κ2) is 6.21. The van der Waals surface area contributed by atoms with Crippen molar-refractivity contribution in [3.63, 3.8) is 0 Å². The average Bonchev–Trinajstić information content (AvgIpc) is 2.82. The monoisotopic (exact) mass is 343 g/mol. The molecule has 2 aliphatic heterocycles. The summed E-state index contributed by atoms with van der Waals surface area (Å²) in [5.41, 5.74) is -1.71. The molecule has 9 nitrogen and oxygen atoms in total. The molecule has 2 rings (SSSR count). The smallest absolute Gasteiger partial charge is 0.411 e. The van der Waals surface area contributed by atoms with Gasteiger partial charge in [0.05, 0.1) is 12.6 Å². The Kier molecular flexibility index (Phi) is 4.78. The van der Waals surface area contributed by atoms with E-state index in [9.17, 15) is 24.6 Å². The maximum absolute atomic E-state index is 12.4. The van der Waals surface area contributed by atoms with Crippen LogP contribution in [0.3, 0.4) is 0 Å². The van der Waals surface area contributed by atoms with Gasteiger partial charge in [-0.15, -0.1) is 0 Å². The fraction of sp³-hybridized carbons (Fsp3) is 0.800. The minimum absolute atomic E-state index is 0.138. The van der Waals surface area contributed by atoms with Crippen LogP contribution in [0, 0.1) is 0 Å². The molecule has 0 aromatic heterocycles. The number of nitrogens with one attached hydrogen (secondary N) is 2. The van der Waals surface area contributed by atoms with Crippen LogP contribution in [0.2, 0.25) is 0 Å². The standard InChI is InChI=1S/C15H25N3O6/c1-8(19)10(11(20)21)17-9-5-15(7-16-12(15)22)18(6-9)13(23)24-14(2,3)4/h8-10,17,19H,5-7H2,1-4H3,(H,16,22)(H,20,21)/t8-,9?,10?,15?/m1/s1. The number of amides is 2. The summed E-state index contributed by atoms with van der Waals surface area (Å²) >= 11 is 0. The van der Waals surface area contributed by atoms with E-state index < -0.39 is 41.4 Å². The fourth-order valence-corrected chi connectivity index (χ4v) is 3.07. The number of carboxylic acids is 1. The summed E-state index contributed by atoms with van der Waals surface area (Å²) in [6, 6.07) is -1.60. The molecule has 3 unspecified atom stereocenters. The highest BCUT2D eigenvalue weighted by molar-refractivity contribution is 5.96. The Hall–Kier alpha value is -1.87. The number of nitrogens with zero attached hydrogens (tertiary/aromatic N) is 1. The van der Waals surface area contributed by atoms with E-state index in [2.05, 4.69) is 10.6 Å². The zero-order chi connectivity index (χ0) is 18.3. The lowest BCUT2D eigenvalue weighted by atomic mass is 9.87. The van der Waals surface area contributed by atoms with E-state index >= 15 is 0 Å². The first-order chi connectivity index (χ1) is 11.0. The lowest BCUT2D eigenvalue weighted by Gasteiger charge is -2.44. The average molecular weight is 343 g/mol. The van der Waals surface area contributed by atoms with E-state index in [-0.39, 0.29) is 18.9 Å². The maximum atomic E-state index is 12.4. The molecule has 0 aromatic carbocycles. The Morgan fingerprint density at radius 2 is 2.08 bits per heavy atom.